The monoisotopic (exact) mass is 301 g/mol. The van der Waals surface area contributed by atoms with Crippen LogP contribution in [0.25, 0.3) is 5.95 Å². The maximum Gasteiger partial charge on any atom is 0.405 e. The van der Waals surface area contributed by atoms with Gasteiger partial charge in [-0.25, -0.2) is 4.68 Å². The zero-order valence-corrected chi connectivity index (χ0v) is 11.2. The van der Waals surface area contributed by atoms with Gasteiger partial charge in [0.05, 0.1) is 0 Å². The van der Waals surface area contributed by atoms with Crippen molar-refractivity contribution in [1.29, 1.82) is 0 Å². The van der Waals surface area contributed by atoms with Gasteiger partial charge in [0.25, 0.3) is 5.95 Å². The predicted octanol–water partition coefficient (Wildman–Crippen LogP) is 1.85. The Morgan fingerprint density at radius 3 is 2.43 bits per heavy atom. The molecule has 7 nitrogen and oxygen atoms in total. The second-order valence-corrected chi connectivity index (χ2v) is 4.13. The molecule has 0 radical (unpaired) electrons. The van der Waals surface area contributed by atoms with E-state index in [-0.39, 0.29) is 17.8 Å². The summed E-state index contributed by atoms with van der Waals surface area (Å²) in [5, 5.41) is 8.99. The van der Waals surface area contributed by atoms with Crippen LogP contribution in [-0.2, 0) is 0 Å². The van der Waals surface area contributed by atoms with Crippen molar-refractivity contribution in [3.63, 3.8) is 0 Å². The molecule has 0 atom stereocenters. The smallest absolute Gasteiger partial charge is 0.354 e. The van der Waals surface area contributed by atoms with Crippen LogP contribution in [0.2, 0.25) is 0 Å². The standard InChI is InChI=1S/C11H14F3N7/c1-2-4-15-8-18-9(16-7-11(12,13)14)20-10(19-8)21-6-3-5-17-21/h3,5-6H,2,4,7H2,1H3,(H2,15,16,18,19,20). The van der Waals surface area contributed by atoms with Crippen molar-refractivity contribution in [2.24, 2.45) is 0 Å². The fourth-order valence-electron chi connectivity index (χ4n) is 1.43. The number of aromatic nitrogens is 5. The third kappa shape index (κ3) is 4.58. The van der Waals surface area contributed by atoms with E-state index in [1.165, 1.54) is 10.9 Å². The molecule has 2 heterocycles. The van der Waals surface area contributed by atoms with Crippen LogP contribution in [0.3, 0.4) is 0 Å². The van der Waals surface area contributed by atoms with Gasteiger partial charge in [-0.2, -0.15) is 33.2 Å². The topological polar surface area (TPSA) is 80.5 Å². The normalized spacial score (nSPS) is 11.4. The highest BCUT2D eigenvalue weighted by Crippen LogP contribution is 2.16. The molecule has 114 valence electrons. The number of halogens is 3. The van der Waals surface area contributed by atoms with Gasteiger partial charge in [-0.3, -0.25) is 0 Å². The van der Waals surface area contributed by atoms with Crippen LogP contribution < -0.4 is 10.6 Å². The van der Waals surface area contributed by atoms with E-state index in [1.54, 1.807) is 12.3 Å². The summed E-state index contributed by atoms with van der Waals surface area (Å²) in [6.45, 7) is 1.33. The molecule has 0 aliphatic heterocycles. The molecule has 2 rings (SSSR count). The summed E-state index contributed by atoms with van der Waals surface area (Å²) in [5.41, 5.74) is 0. The third-order valence-electron chi connectivity index (χ3n) is 2.31. The predicted molar refractivity (Wildman–Crippen MR) is 70.3 cm³/mol. The Hall–Kier alpha value is -2.39. The minimum atomic E-state index is -4.35. The van der Waals surface area contributed by atoms with Gasteiger partial charge in [0.1, 0.15) is 6.54 Å². The first kappa shape index (κ1) is 15.0. The molecule has 0 saturated carbocycles. The molecule has 0 unspecified atom stereocenters. The number of rotatable bonds is 6. The molecule has 0 spiro atoms. The molecular formula is C11H14F3N7. The fraction of sp³-hybridized carbons (Fsp3) is 0.455. The van der Waals surface area contributed by atoms with Gasteiger partial charge in [0.15, 0.2) is 0 Å². The summed E-state index contributed by atoms with van der Waals surface area (Å²) >= 11 is 0. The average molecular weight is 301 g/mol. The second-order valence-electron chi connectivity index (χ2n) is 4.13. The highest BCUT2D eigenvalue weighted by atomic mass is 19.4. The molecule has 0 aromatic carbocycles. The van der Waals surface area contributed by atoms with E-state index in [0.29, 0.717) is 6.54 Å². The molecule has 2 N–H and O–H groups in total. The summed E-state index contributed by atoms with van der Waals surface area (Å²) < 4.78 is 38.1. The summed E-state index contributed by atoms with van der Waals surface area (Å²) in [4.78, 5) is 11.9. The zero-order valence-electron chi connectivity index (χ0n) is 11.2. The molecule has 0 aliphatic carbocycles. The Balaban J connectivity index is 2.24. The van der Waals surface area contributed by atoms with Crippen LogP contribution in [0.15, 0.2) is 18.5 Å². The van der Waals surface area contributed by atoms with Crippen molar-refractivity contribution in [1.82, 2.24) is 24.7 Å². The van der Waals surface area contributed by atoms with Gasteiger partial charge in [-0.1, -0.05) is 6.92 Å². The first-order chi connectivity index (χ1) is 9.98. The third-order valence-corrected chi connectivity index (χ3v) is 2.31. The number of hydrogen-bond acceptors (Lipinski definition) is 6. The number of nitrogens with zero attached hydrogens (tertiary/aromatic N) is 5. The van der Waals surface area contributed by atoms with Gasteiger partial charge < -0.3 is 10.6 Å². The van der Waals surface area contributed by atoms with Crippen molar-refractivity contribution in [2.45, 2.75) is 19.5 Å². The molecule has 0 fully saturated rings. The van der Waals surface area contributed by atoms with Gasteiger partial charge in [0, 0.05) is 18.9 Å². The Labute approximate surface area is 118 Å². The van der Waals surface area contributed by atoms with Crippen LogP contribution >= 0.6 is 0 Å². The fourth-order valence-corrected chi connectivity index (χ4v) is 1.43. The molecule has 10 heteroatoms. The van der Waals surface area contributed by atoms with E-state index in [0.717, 1.165) is 6.42 Å². The number of alkyl halides is 3. The second kappa shape index (κ2) is 6.37. The van der Waals surface area contributed by atoms with E-state index in [2.05, 4.69) is 30.7 Å². The molecule has 2 aromatic heterocycles. The highest BCUT2D eigenvalue weighted by Gasteiger charge is 2.27. The van der Waals surface area contributed by atoms with Crippen LogP contribution in [0.5, 0.6) is 0 Å². The van der Waals surface area contributed by atoms with Crippen molar-refractivity contribution >= 4 is 11.9 Å². The average Bonchev–Trinajstić information content (AvgIpc) is 2.96. The Morgan fingerprint density at radius 2 is 1.86 bits per heavy atom. The number of anilines is 2. The maximum absolute atomic E-state index is 12.3. The molecule has 2 aromatic rings. The first-order valence-electron chi connectivity index (χ1n) is 6.28. The highest BCUT2D eigenvalue weighted by molar-refractivity contribution is 5.37. The van der Waals surface area contributed by atoms with Gasteiger partial charge in [-0.15, -0.1) is 0 Å². The quantitative estimate of drug-likeness (QED) is 0.847. The zero-order chi connectivity index (χ0) is 15.3. The minimum absolute atomic E-state index is 0.137. The van der Waals surface area contributed by atoms with E-state index < -0.39 is 12.7 Å². The van der Waals surface area contributed by atoms with Crippen LogP contribution in [0.4, 0.5) is 25.1 Å². The Morgan fingerprint density at radius 1 is 1.14 bits per heavy atom. The SMILES string of the molecule is CCCNc1nc(NCC(F)(F)F)nc(-n2cccn2)n1. The van der Waals surface area contributed by atoms with Crippen LogP contribution in [0.1, 0.15) is 13.3 Å². The molecule has 0 bridgehead atoms. The molecule has 0 saturated heterocycles. The summed E-state index contributed by atoms with van der Waals surface area (Å²) in [6, 6.07) is 1.66. The van der Waals surface area contributed by atoms with Crippen LogP contribution in [-0.4, -0.2) is 44.0 Å². The maximum atomic E-state index is 12.3. The number of nitrogens with one attached hydrogen (secondary N) is 2. The van der Waals surface area contributed by atoms with Crippen LogP contribution in [0, 0.1) is 0 Å². The van der Waals surface area contributed by atoms with Gasteiger partial charge in [0.2, 0.25) is 11.9 Å². The van der Waals surface area contributed by atoms with E-state index in [9.17, 15) is 13.2 Å². The number of hydrogen-bond donors (Lipinski definition) is 2. The lowest BCUT2D eigenvalue weighted by molar-refractivity contribution is -0.115. The Bertz CT molecular complexity index is 568. The lowest BCUT2D eigenvalue weighted by Crippen LogP contribution is -2.23. The molecule has 0 aliphatic rings. The Kier molecular flexibility index (Phi) is 4.55. The van der Waals surface area contributed by atoms with Crippen molar-refractivity contribution in [2.75, 3.05) is 23.7 Å². The van der Waals surface area contributed by atoms with E-state index in [1.807, 2.05) is 6.92 Å². The van der Waals surface area contributed by atoms with E-state index >= 15 is 0 Å². The summed E-state index contributed by atoms with van der Waals surface area (Å²) in [6.07, 6.45) is -0.415. The largest absolute Gasteiger partial charge is 0.405 e. The summed E-state index contributed by atoms with van der Waals surface area (Å²) in [7, 11) is 0. The minimum Gasteiger partial charge on any atom is -0.354 e. The molecule has 21 heavy (non-hydrogen) atoms. The van der Waals surface area contributed by atoms with Gasteiger partial charge in [-0.05, 0) is 12.5 Å². The lowest BCUT2D eigenvalue weighted by Gasteiger charge is -2.11. The van der Waals surface area contributed by atoms with Crippen molar-refractivity contribution < 1.29 is 13.2 Å². The molecular weight excluding hydrogens is 287 g/mol. The van der Waals surface area contributed by atoms with Crippen molar-refractivity contribution in [3.8, 4) is 5.95 Å². The lowest BCUT2D eigenvalue weighted by atomic mass is 10.5. The van der Waals surface area contributed by atoms with Gasteiger partial charge >= 0.3 is 6.18 Å². The first-order valence-corrected chi connectivity index (χ1v) is 6.28. The van der Waals surface area contributed by atoms with Crippen molar-refractivity contribution in [3.05, 3.63) is 18.5 Å². The van der Waals surface area contributed by atoms with E-state index in [4.69, 9.17) is 0 Å². The summed E-state index contributed by atoms with van der Waals surface area (Å²) in [5.74, 6) is 0.173. The molecule has 0 amide bonds.